The van der Waals surface area contributed by atoms with Gasteiger partial charge < -0.3 is 27.7 Å². The first kappa shape index (κ1) is 20.9. The van der Waals surface area contributed by atoms with Crippen molar-refractivity contribution in [3.05, 3.63) is 0 Å². The number of aliphatic hydroxyl groups is 1. The first-order chi connectivity index (χ1) is 6.00. The first-order valence-electron chi connectivity index (χ1n) is 3.78. The maximum atomic E-state index is 9.85. The van der Waals surface area contributed by atoms with Crippen LogP contribution in [0.15, 0.2) is 0 Å². The van der Waals surface area contributed by atoms with Gasteiger partial charge in [0, 0.05) is 0 Å². The topological polar surface area (TPSA) is 63.3 Å². The van der Waals surface area contributed by atoms with Crippen LogP contribution >= 0.6 is 34.8 Å². The van der Waals surface area contributed by atoms with E-state index in [2.05, 4.69) is 26.9 Å². The van der Waals surface area contributed by atoms with Crippen LogP contribution in [0.4, 0.5) is 0 Å². The normalized spacial score (nSPS) is 10.9. The Morgan fingerprint density at radius 1 is 1.33 bits per heavy atom. The van der Waals surface area contributed by atoms with Gasteiger partial charge in [0.15, 0.2) is 0 Å². The third kappa shape index (κ3) is 20.6. The van der Waals surface area contributed by atoms with Gasteiger partial charge >= 0.3 is 0 Å². The van der Waals surface area contributed by atoms with Gasteiger partial charge in [0.1, 0.15) is 6.54 Å². The molecule has 8 heteroatoms. The molecule has 0 aromatic heterocycles. The van der Waals surface area contributed by atoms with E-state index >= 15 is 0 Å². The molecule has 0 fully saturated rings. The predicted octanol–water partition coefficient (Wildman–Crippen LogP) is -2.47. The molecular formula is C7H16Cl4N2O2. The highest BCUT2D eigenvalue weighted by atomic mass is 35.6. The number of carbonyl (C=O) groups is 1. The Morgan fingerprint density at radius 2 is 1.60 bits per heavy atom. The summed E-state index contributed by atoms with van der Waals surface area (Å²) in [4.78, 5) is 9.85. The molecule has 0 rings (SSSR count). The molecule has 0 saturated heterocycles. The Balaban J connectivity index is -0.000000180. The quantitative estimate of drug-likeness (QED) is 0.439. The number of primary amides is 1. The smallest absolute Gasteiger partial charge is 0.269 e. The summed E-state index contributed by atoms with van der Waals surface area (Å²) in [5.74, 6) is -0.961. The van der Waals surface area contributed by atoms with Gasteiger partial charge in [0.2, 0.25) is 0 Å². The van der Waals surface area contributed by atoms with Crippen molar-refractivity contribution >= 4 is 40.7 Å². The molecule has 0 saturated carbocycles. The van der Waals surface area contributed by atoms with Crippen LogP contribution in [0, 0.1) is 0 Å². The Labute approximate surface area is 111 Å². The molecule has 0 spiro atoms. The lowest BCUT2D eigenvalue weighted by Crippen LogP contribution is -3.00. The van der Waals surface area contributed by atoms with Crippen LogP contribution in [0.2, 0.25) is 0 Å². The third-order valence-electron chi connectivity index (χ3n) is 1.05. The molecule has 0 bridgehead atoms. The first-order valence-corrected chi connectivity index (χ1v) is 4.92. The van der Waals surface area contributed by atoms with Gasteiger partial charge in [-0.25, -0.2) is 0 Å². The largest absolute Gasteiger partial charge is 1.00 e. The molecule has 4 nitrogen and oxygen atoms in total. The second-order valence-electron chi connectivity index (χ2n) is 3.60. The zero-order chi connectivity index (χ0) is 12.0. The van der Waals surface area contributed by atoms with E-state index in [1.807, 2.05) is 0 Å². The lowest BCUT2D eigenvalue weighted by molar-refractivity contribution is -0.870. The molecule has 0 radical (unpaired) electrons. The summed E-state index contributed by atoms with van der Waals surface area (Å²) in [6.07, 6.45) is 0. The van der Waals surface area contributed by atoms with Crippen LogP contribution in [0.1, 0.15) is 0 Å². The van der Waals surface area contributed by atoms with Crippen LogP contribution in [0.3, 0.4) is 0 Å². The Morgan fingerprint density at radius 3 is 1.60 bits per heavy atom. The Hall–Kier alpha value is 0.550. The average molecular weight is 302 g/mol. The summed E-state index contributed by atoms with van der Waals surface area (Å²) in [7, 11) is 6.16. The molecule has 0 atom stereocenters. The molecule has 94 valence electrons. The van der Waals surface area contributed by atoms with E-state index in [0.717, 1.165) is 11.0 Å². The minimum atomic E-state index is -1.94. The number of halogens is 4. The number of aliphatic hydroxyl groups excluding tert-OH is 1. The Bertz CT molecular complexity index is 177. The molecule has 0 aromatic rings. The van der Waals surface area contributed by atoms with E-state index in [0.29, 0.717) is 0 Å². The van der Waals surface area contributed by atoms with Gasteiger partial charge in [-0.15, -0.1) is 0 Å². The van der Waals surface area contributed by atoms with E-state index in [4.69, 9.17) is 39.9 Å². The standard InChI is InChI=1S/C5H14NO.C2H2Cl3NO.ClH/c1-6(2,3)4-5-7;3-2(4,5)1(6)7;/h7H,4-5H2,1-3H3;(H2,6,7);1H/q+1;;/p-1. The minimum Gasteiger partial charge on any atom is -1.00 e. The summed E-state index contributed by atoms with van der Waals surface area (Å²) < 4.78 is -1.10. The highest BCUT2D eigenvalue weighted by Gasteiger charge is 2.26. The second kappa shape index (κ2) is 8.67. The SMILES string of the molecule is C[N+](C)(C)CCO.NC(=O)C(Cl)(Cl)Cl.[Cl-]. The molecule has 3 N–H and O–H groups in total. The highest BCUT2D eigenvalue weighted by Crippen LogP contribution is 2.24. The van der Waals surface area contributed by atoms with Gasteiger partial charge in [-0.1, -0.05) is 34.8 Å². The van der Waals surface area contributed by atoms with Gasteiger partial charge in [-0.2, -0.15) is 0 Å². The van der Waals surface area contributed by atoms with E-state index in [9.17, 15) is 4.79 Å². The molecule has 0 aliphatic heterocycles. The van der Waals surface area contributed by atoms with Crippen molar-refractivity contribution in [1.29, 1.82) is 0 Å². The molecule has 0 aliphatic carbocycles. The number of amides is 1. The van der Waals surface area contributed by atoms with E-state index in [-0.39, 0.29) is 19.0 Å². The van der Waals surface area contributed by atoms with Crippen molar-refractivity contribution in [1.82, 2.24) is 0 Å². The molecule has 0 aliphatic rings. The number of alkyl halides is 3. The highest BCUT2D eigenvalue weighted by molar-refractivity contribution is 6.76. The number of quaternary nitrogens is 1. The summed E-state index contributed by atoms with van der Waals surface area (Å²) >= 11 is 14.8. The molecule has 1 amide bonds. The van der Waals surface area contributed by atoms with E-state index < -0.39 is 9.70 Å². The minimum absolute atomic E-state index is 0. The maximum absolute atomic E-state index is 9.85. The van der Waals surface area contributed by atoms with Crippen molar-refractivity contribution in [3.8, 4) is 0 Å². The summed E-state index contributed by atoms with van der Waals surface area (Å²) in [6, 6.07) is 0. The lowest BCUT2D eigenvalue weighted by Gasteiger charge is -2.21. The zero-order valence-electron chi connectivity index (χ0n) is 8.81. The summed E-state index contributed by atoms with van der Waals surface area (Å²) in [5.41, 5.74) is 4.53. The van der Waals surface area contributed by atoms with E-state index in [1.54, 1.807) is 0 Å². The van der Waals surface area contributed by atoms with Crippen LogP contribution in [0.5, 0.6) is 0 Å². The third-order valence-corrected chi connectivity index (χ3v) is 1.61. The number of likely N-dealkylation sites (N-methyl/N-ethyl adjacent to an activating group) is 1. The maximum Gasteiger partial charge on any atom is 0.269 e. The van der Waals surface area contributed by atoms with Crippen LogP contribution < -0.4 is 18.1 Å². The molecule has 0 aromatic carbocycles. The van der Waals surface area contributed by atoms with Crippen molar-refractivity contribution in [2.45, 2.75) is 3.79 Å². The lowest BCUT2D eigenvalue weighted by atomic mass is 10.5. The van der Waals surface area contributed by atoms with Gasteiger partial charge in [0.05, 0.1) is 27.7 Å². The number of hydrogen-bond acceptors (Lipinski definition) is 2. The van der Waals surface area contributed by atoms with Gasteiger partial charge in [0.25, 0.3) is 9.70 Å². The number of hydrogen-bond donors (Lipinski definition) is 2. The summed E-state index contributed by atoms with van der Waals surface area (Å²) in [6.45, 7) is 1.11. The summed E-state index contributed by atoms with van der Waals surface area (Å²) in [5, 5.41) is 8.39. The van der Waals surface area contributed by atoms with Crippen molar-refractivity contribution < 1.29 is 26.8 Å². The number of nitrogens with zero attached hydrogens (tertiary/aromatic N) is 1. The van der Waals surface area contributed by atoms with Crippen LogP contribution in [0.25, 0.3) is 0 Å². The zero-order valence-corrected chi connectivity index (χ0v) is 11.8. The number of carbonyl (C=O) groups excluding carboxylic acids is 1. The fourth-order valence-corrected chi connectivity index (χ4v) is 0.300. The van der Waals surface area contributed by atoms with Crippen LogP contribution in [-0.2, 0) is 4.79 Å². The molecular weight excluding hydrogens is 286 g/mol. The molecule has 0 unspecified atom stereocenters. The van der Waals surface area contributed by atoms with Gasteiger partial charge in [-0.3, -0.25) is 4.79 Å². The van der Waals surface area contributed by atoms with Crippen molar-refractivity contribution in [2.24, 2.45) is 5.73 Å². The van der Waals surface area contributed by atoms with Crippen molar-refractivity contribution in [3.63, 3.8) is 0 Å². The van der Waals surface area contributed by atoms with Gasteiger partial charge in [-0.05, 0) is 0 Å². The fourth-order valence-electron chi connectivity index (χ4n) is 0.300. The Kier molecular flexibility index (Phi) is 12.1. The van der Waals surface area contributed by atoms with Crippen LogP contribution in [-0.4, -0.2) is 53.6 Å². The average Bonchev–Trinajstić information content (AvgIpc) is 1.82. The monoisotopic (exact) mass is 300 g/mol. The van der Waals surface area contributed by atoms with Crippen molar-refractivity contribution in [2.75, 3.05) is 34.3 Å². The second-order valence-corrected chi connectivity index (χ2v) is 5.88. The fraction of sp³-hybridized carbons (Fsp3) is 0.857. The van der Waals surface area contributed by atoms with E-state index in [1.165, 1.54) is 0 Å². The predicted molar refractivity (Wildman–Crippen MR) is 59.5 cm³/mol. The number of nitrogens with two attached hydrogens (primary N) is 1. The number of rotatable bonds is 2. The molecule has 15 heavy (non-hydrogen) atoms. The molecule has 0 heterocycles.